The van der Waals surface area contributed by atoms with E-state index in [1.165, 1.54) is 38.5 Å². The monoisotopic (exact) mass is 433 g/mol. The number of rotatable bonds is 6. The van der Waals surface area contributed by atoms with Crippen LogP contribution in [0, 0.1) is 23.2 Å². The van der Waals surface area contributed by atoms with Crippen molar-refractivity contribution in [1.82, 2.24) is 4.57 Å². The first-order chi connectivity index (χ1) is 15.7. The number of anilines is 1. The Labute approximate surface area is 190 Å². The minimum absolute atomic E-state index is 0.0737. The van der Waals surface area contributed by atoms with Crippen LogP contribution in [0.5, 0.6) is 0 Å². The van der Waals surface area contributed by atoms with Crippen LogP contribution < -0.4 is 10.9 Å². The SMILES string of the molecule is N#Cc1c(C2CCCC2)c2ccc(NCC3CCOCC3)cc2n(CC2CCCC2)c1=O. The predicted molar refractivity (Wildman–Crippen MR) is 128 cm³/mol. The summed E-state index contributed by atoms with van der Waals surface area (Å²) in [7, 11) is 0. The van der Waals surface area contributed by atoms with E-state index in [2.05, 4.69) is 29.6 Å². The second-order valence-corrected chi connectivity index (χ2v) is 10.1. The van der Waals surface area contributed by atoms with E-state index < -0.39 is 0 Å². The quantitative estimate of drug-likeness (QED) is 0.648. The predicted octanol–water partition coefficient (Wildman–Crippen LogP) is 5.56. The highest BCUT2D eigenvalue weighted by molar-refractivity contribution is 5.88. The second kappa shape index (κ2) is 9.67. The molecule has 0 unspecified atom stereocenters. The minimum Gasteiger partial charge on any atom is -0.385 e. The number of pyridine rings is 1. The van der Waals surface area contributed by atoms with Crippen LogP contribution in [0.25, 0.3) is 10.9 Å². The third kappa shape index (κ3) is 4.30. The van der Waals surface area contributed by atoms with Gasteiger partial charge in [-0.05, 0) is 74.0 Å². The number of nitrogens with zero attached hydrogens (tertiary/aromatic N) is 2. The molecule has 5 rings (SSSR count). The maximum Gasteiger partial charge on any atom is 0.269 e. The van der Waals surface area contributed by atoms with Gasteiger partial charge in [0.15, 0.2) is 0 Å². The molecule has 1 aromatic carbocycles. The Morgan fingerprint density at radius 1 is 1.00 bits per heavy atom. The zero-order valence-corrected chi connectivity index (χ0v) is 19.1. The molecule has 2 aliphatic carbocycles. The van der Waals surface area contributed by atoms with Gasteiger partial charge in [-0.3, -0.25) is 4.79 Å². The Bertz CT molecular complexity index is 1050. The molecule has 32 heavy (non-hydrogen) atoms. The lowest BCUT2D eigenvalue weighted by molar-refractivity contribution is 0.0699. The number of fused-ring (bicyclic) bond motifs is 1. The van der Waals surface area contributed by atoms with Gasteiger partial charge < -0.3 is 14.6 Å². The van der Waals surface area contributed by atoms with Crippen molar-refractivity contribution in [3.8, 4) is 6.07 Å². The van der Waals surface area contributed by atoms with Gasteiger partial charge in [0.25, 0.3) is 5.56 Å². The van der Waals surface area contributed by atoms with Gasteiger partial charge in [-0.2, -0.15) is 5.26 Å². The topological polar surface area (TPSA) is 67.0 Å². The van der Waals surface area contributed by atoms with Gasteiger partial charge in [-0.15, -0.1) is 0 Å². The van der Waals surface area contributed by atoms with E-state index in [1.54, 1.807) is 0 Å². The molecule has 0 amide bonds. The van der Waals surface area contributed by atoms with E-state index >= 15 is 0 Å². The fourth-order valence-electron chi connectivity index (χ4n) is 6.18. The third-order valence-electron chi connectivity index (χ3n) is 8.03. The summed E-state index contributed by atoms with van der Waals surface area (Å²) in [5, 5.41) is 14.7. The first-order valence-electron chi connectivity index (χ1n) is 12.7. The lowest BCUT2D eigenvalue weighted by atomic mass is 9.90. The first-order valence-corrected chi connectivity index (χ1v) is 12.7. The zero-order chi connectivity index (χ0) is 21.9. The summed E-state index contributed by atoms with van der Waals surface area (Å²) in [6, 6.07) is 8.80. The van der Waals surface area contributed by atoms with Crippen LogP contribution in [0.1, 0.15) is 81.3 Å². The molecule has 1 aliphatic heterocycles. The van der Waals surface area contributed by atoms with Crippen LogP contribution in [-0.4, -0.2) is 24.3 Å². The number of nitriles is 1. The van der Waals surface area contributed by atoms with Gasteiger partial charge >= 0.3 is 0 Å². The molecule has 0 spiro atoms. The Balaban J connectivity index is 1.56. The van der Waals surface area contributed by atoms with Crippen molar-refractivity contribution in [1.29, 1.82) is 5.26 Å². The van der Waals surface area contributed by atoms with Crippen LogP contribution in [0.4, 0.5) is 5.69 Å². The van der Waals surface area contributed by atoms with Crippen LogP contribution in [0.15, 0.2) is 23.0 Å². The zero-order valence-electron chi connectivity index (χ0n) is 19.1. The third-order valence-corrected chi connectivity index (χ3v) is 8.03. The lowest BCUT2D eigenvalue weighted by Crippen LogP contribution is -2.28. The number of aromatic nitrogens is 1. The highest BCUT2D eigenvalue weighted by Crippen LogP contribution is 2.39. The van der Waals surface area contributed by atoms with Crippen LogP contribution in [0.3, 0.4) is 0 Å². The van der Waals surface area contributed by atoms with Crippen molar-refractivity contribution in [2.75, 3.05) is 25.1 Å². The fraction of sp³-hybridized carbons (Fsp3) is 0.630. The maximum absolute atomic E-state index is 13.6. The highest BCUT2D eigenvalue weighted by atomic mass is 16.5. The Kier molecular flexibility index (Phi) is 6.50. The number of ether oxygens (including phenoxy) is 1. The van der Waals surface area contributed by atoms with Gasteiger partial charge in [0.2, 0.25) is 0 Å². The van der Waals surface area contributed by atoms with Crippen LogP contribution in [-0.2, 0) is 11.3 Å². The van der Waals surface area contributed by atoms with Gasteiger partial charge in [0.1, 0.15) is 11.6 Å². The van der Waals surface area contributed by atoms with E-state index in [1.807, 2.05) is 4.57 Å². The lowest BCUT2D eigenvalue weighted by Gasteiger charge is -2.24. The largest absolute Gasteiger partial charge is 0.385 e. The first kappa shape index (κ1) is 21.5. The number of benzene rings is 1. The van der Waals surface area contributed by atoms with Gasteiger partial charge in [0, 0.05) is 37.4 Å². The molecular weight excluding hydrogens is 398 g/mol. The summed E-state index contributed by atoms with van der Waals surface area (Å²) < 4.78 is 7.43. The molecule has 1 aromatic heterocycles. The van der Waals surface area contributed by atoms with Crippen molar-refractivity contribution in [2.45, 2.75) is 76.7 Å². The molecule has 3 fully saturated rings. The van der Waals surface area contributed by atoms with Crippen molar-refractivity contribution in [3.63, 3.8) is 0 Å². The minimum atomic E-state index is -0.0737. The van der Waals surface area contributed by atoms with Crippen molar-refractivity contribution in [3.05, 3.63) is 39.7 Å². The fourth-order valence-corrected chi connectivity index (χ4v) is 6.18. The molecular formula is C27H35N3O2. The average Bonchev–Trinajstić information content (AvgIpc) is 3.54. The van der Waals surface area contributed by atoms with E-state index in [0.717, 1.165) is 74.1 Å². The van der Waals surface area contributed by atoms with Crippen molar-refractivity contribution in [2.24, 2.45) is 11.8 Å². The molecule has 2 aromatic rings. The molecule has 0 bridgehead atoms. The van der Waals surface area contributed by atoms with E-state index in [0.29, 0.717) is 23.3 Å². The Morgan fingerprint density at radius 3 is 2.44 bits per heavy atom. The number of nitrogens with one attached hydrogen (secondary N) is 1. The molecule has 5 heteroatoms. The molecule has 3 aliphatic rings. The Hall–Kier alpha value is -2.32. The normalized spacial score (nSPS) is 20.7. The smallest absolute Gasteiger partial charge is 0.269 e. The van der Waals surface area contributed by atoms with Crippen molar-refractivity contribution >= 4 is 16.6 Å². The summed E-state index contributed by atoms with van der Waals surface area (Å²) >= 11 is 0. The number of hydrogen-bond acceptors (Lipinski definition) is 4. The molecule has 2 heterocycles. The second-order valence-electron chi connectivity index (χ2n) is 10.1. The molecule has 0 radical (unpaired) electrons. The summed E-state index contributed by atoms with van der Waals surface area (Å²) in [5.41, 5.74) is 3.43. The average molecular weight is 434 g/mol. The van der Waals surface area contributed by atoms with E-state index in [4.69, 9.17) is 4.74 Å². The molecule has 5 nitrogen and oxygen atoms in total. The number of hydrogen-bond donors (Lipinski definition) is 1. The summed E-state index contributed by atoms with van der Waals surface area (Å²) in [6.45, 7) is 3.38. The summed E-state index contributed by atoms with van der Waals surface area (Å²) in [6.07, 6.45) is 11.6. The van der Waals surface area contributed by atoms with Gasteiger partial charge in [0.05, 0.1) is 5.52 Å². The molecule has 0 atom stereocenters. The molecule has 170 valence electrons. The van der Waals surface area contributed by atoms with Gasteiger partial charge in [-0.25, -0.2) is 0 Å². The van der Waals surface area contributed by atoms with Crippen LogP contribution in [0.2, 0.25) is 0 Å². The maximum atomic E-state index is 13.6. The molecule has 1 N–H and O–H groups in total. The van der Waals surface area contributed by atoms with Crippen molar-refractivity contribution < 1.29 is 4.74 Å². The van der Waals surface area contributed by atoms with Gasteiger partial charge in [-0.1, -0.05) is 31.7 Å². The van der Waals surface area contributed by atoms with Crippen LogP contribution >= 0.6 is 0 Å². The summed E-state index contributed by atoms with van der Waals surface area (Å²) in [4.78, 5) is 13.6. The molecule has 2 saturated carbocycles. The van der Waals surface area contributed by atoms with E-state index in [-0.39, 0.29) is 5.56 Å². The van der Waals surface area contributed by atoms with E-state index in [9.17, 15) is 10.1 Å². The Morgan fingerprint density at radius 2 is 1.72 bits per heavy atom. The standard InChI is InChI=1S/C27H35N3O2/c28-16-24-26(21-7-3-4-8-21)23-10-9-22(29-17-19-11-13-32-14-12-19)15-25(23)30(27(24)31)18-20-5-1-2-6-20/h9-10,15,19-21,29H,1-8,11-14,17-18H2. The highest BCUT2D eigenvalue weighted by Gasteiger charge is 2.27. The molecule has 1 saturated heterocycles. The summed E-state index contributed by atoms with van der Waals surface area (Å²) in [5.74, 6) is 1.51.